The van der Waals surface area contributed by atoms with E-state index in [0.29, 0.717) is 6.61 Å². The quantitative estimate of drug-likeness (QED) is 0.525. The van der Waals surface area contributed by atoms with Crippen molar-refractivity contribution >= 4 is 11.9 Å². The third-order valence-corrected chi connectivity index (χ3v) is 3.56. The molecule has 128 valence electrons. The van der Waals surface area contributed by atoms with Crippen LogP contribution in [-0.4, -0.2) is 24.5 Å². The van der Waals surface area contributed by atoms with Crippen molar-refractivity contribution < 1.29 is 18.7 Å². The molecule has 0 heterocycles. The second-order valence-electron chi connectivity index (χ2n) is 5.61. The lowest BCUT2D eigenvalue weighted by Crippen LogP contribution is -2.40. The van der Waals surface area contributed by atoms with Crippen LogP contribution < -0.4 is 5.32 Å². The summed E-state index contributed by atoms with van der Waals surface area (Å²) in [5.41, 5.74) is -0.0805. The highest BCUT2D eigenvalue weighted by molar-refractivity contribution is 5.96. The molecule has 0 aromatic heterocycles. The standard InChI is InChI=1S/C18H26FNO3/c1-3-4-5-6-7-10-13-23-18(22)14(2)20-17(21)15-11-8-9-12-16(15)19/h8-9,11-12,14H,3-7,10,13H2,1-2H3,(H,20,21). The average Bonchev–Trinajstić information content (AvgIpc) is 2.54. The molecule has 0 fully saturated rings. The van der Waals surface area contributed by atoms with Crippen molar-refractivity contribution in [2.45, 2.75) is 58.4 Å². The molecule has 23 heavy (non-hydrogen) atoms. The number of ether oxygens (including phenoxy) is 1. The molecule has 0 aliphatic carbocycles. The summed E-state index contributed by atoms with van der Waals surface area (Å²) in [5, 5.41) is 2.45. The molecule has 1 aromatic carbocycles. The summed E-state index contributed by atoms with van der Waals surface area (Å²) in [6.45, 7) is 4.05. The monoisotopic (exact) mass is 323 g/mol. The van der Waals surface area contributed by atoms with Crippen LogP contribution in [-0.2, 0) is 9.53 Å². The number of nitrogens with one attached hydrogen (secondary N) is 1. The number of benzene rings is 1. The smallest absolute Gasteiger partial charge is 0.328 e. The van der Waals surface area contributed by atoms with Gasteiger partial charge in [-0.05, 0) is 25.5 Å². The number of unbranched alkanes of at least 4 members (excludes halogenated alkanes) is 5. The highest BCUT2D eigenvalue weighted by Crippen LogP contribution is 2.07. The minimum absolute atomic E-state index is 0.0805. The minimum atomic E-state index is -0.804. The van der Waals surface area contributed by atoms with Gasteiger partial charge in [0.05, 0.1) is 12.2 Å². The predicted molar refractivity (Wildman–Crippen MR) is 87.7 cm³/mol. The molecule has 1 aromatic rings. The topological polar surface area (TPSA) is 55.4 Å². The molecule has 4 nitrogen and oxygen atoms in total. The first-order valence-corrected chi connectivity index (χ1v) is 8.28. The maximum atomic E-state index is 13.5. The van der Waals surface area contributed by atoms with Crippen molar-refractivity contribution in [2.24, 2.45) is 0 Å². The first kappa shape index (κ1) is 19.1. The fraction of sp³-hybridized carbons (Fsp3) is 0.556. The Morgan fingerprint density at radius 2 is 1.78 bits per heavy atom. The highest BCUT2D eigenvalue weighted by Gasteiger charge is 2.19. The maximum absolute atomic E-state index is 13.5. The van der Waals surface area contributed by atoms with E-state index in [1.54, 1.807) is 6.07 Å². The molecule has 1 unspecified atom stereocenters. The predicted octanol–water partition coefficient (Wildman–Crippen LogP) is 3.85. The summed E-state index contributed by atoms with van der Waals surface area (Å²) in [6, 6.07) is 4.85. The van der Waals surface area contributed by atoms with Crippen LogP contribution in [0, 0.1) is 5.82 Å². The first-order valence-electron chi connectivity index (χ1n) is 8.28. The number of amides is 1. The van der Waals surface area contributed by atoms with E-state index in [2.05, 4.69) is 12.2 Å². The van der Waals surface area contributed by atoms with Crippen LogP contribution in [0.25, 0.3) is 0 Å². The van der Waals surface area contributed by atoms with Gasteiger partial charge < -0.3 is 10.1 Å². The van der Waals surface area contributed by atoms with Crippen LogP contribution >= 0.6 is 0 Å². The molecule has 0 saturated heterocycles. The lowest BCUT2D eigenvalue weighted by molar-refractivity contribution is -0.145. The second-order valence-corrected chi connectivity index (χ2v) is 5.61. The molecule has 0 saturated carbocycles. The van der Waals surface area contributed by atoms with Gasteiger partial charge in [-0.3, -0.25) is 4.79 Å². The van der Waals surface area contributed by atoms with Crippen molar-refractivity contribution in [3.8, 4) is 0 Å². The van der Waals surface area contributed by atoms with Crippen LogP contribution in [0.2, 0.25) is 0 Å². The van der Waals surface area contributed by atoms with Crippen LogP contribution in [0.3, 0.4) is 0 Å². The van der Waals surface area contributed by atoms with Gasteiger partial charge in [0.2, 0.25) is 0 Å². The Morgan fingerprint density at radius 1 is 1.13 bits per heavy atom. The fourth-order valence-corrected chi connectivity index (χ4v) is 2.16. The fourth-order valence-electron chi connectivity index (χ4n) is 2.16. The number of carbonyl (C=O) groups is 2. The number of halogens is 1. The van der Waals surface area contributed by atoms with E-state index < -0.39 is 23.7 Å². The minimum Gasteiger partial charge on any atom is -0.464 e. The normalized spacial score (nSPS) is 11.8. The molecule has 1 N–H and O–H groups in total. The Balaban J connectivity index is 2.26. The van der Waals surface area contributed by atoms with E-state index in [0.717, 1.165) is 19.3 Å². The maximum Gasteiger partial charge on any atom is 0.328 e. The first-order chi connectivity index (χ1) is 11.1. The second kappa shape index (κ2) is 10.8. The van der Waals surface area contributed by atoms with E-state index in [1.807, 2.05) is 0 Å². The molecule has 0 aliphatic rings. The van der Waals surface area contributed by atoms with Crippen LogP contribution in [0.15, 0.2) is 24.3 Å². The Labute approximate surface area is 137 Å². The van der Waals surface area contributed by atoms with Crippen molar-refractivity contribution in [3.05, 3.63) is 35.6 Å². The van der Waals surface area contributed by atoms with Gasteiger partial charge in [-0.15, -0.1) is 0 Å². The van der Waals surface area contributed by atoms with Crippen molar-refractivity contribution in [1.29, 1.82) is 0 Å². The Morgan fingerprint density at radius 3 is 2.48 bits per heavy atom. The van der Waals surface area contributed by atoms with Gasteiger partial charge in [0, 0.05) is 0 Å². The summed E-state index contributed by atoms with van der Waals surface area (Å²) in [7, 11) is 0. The summed E-state index contributed by atoms with van der Waals surface area (Å²) < 4.78 is 18.6. The van der Waals surface area contributed by atoms with Crippen molar-refractivity contribution in [3.63, 3.8) is 0 Å². The van der Waals surface area contributed by atoms with Gasteiger partial charge in [0.25, 0.3) is 5.91 Å². The zero-order chi connectivity index (χ0) is 17.1. The van der Waals surface area contributed by atoms with Gasteiger partial charge in [-0.25, -0.2) is 9.18 Å². The zero-order valence-corrected chi connectivity index (χ0v) is 13.9. The van der Waals surface area contributed by atoms with E-state index in [1.165, 1.54) is 44.4 Å². The molecule has 0 bridgehead atoms. The summed E-state index contributed by atoms with van der Waals surface area (Å²) in [5.74, 6) is -1.73. The molecule has 0 radical (unpaired) electrons. The number of hydrogen-bond acceptors (Lipinski definition) is 3. The lowest BCUT2D eigenvalue weighted by Gasteiger charge is -2.13. The van der Waals surface area contributed by atoms with Gasteiger partial charge >= 0.3 is 5.97 Å². The number of esters is 1. The van der Waals surface area contributed by atoms with Gasteiger partial charge in [-0.1, -0.05) is 51.2 Å². The highest BCUT2D eigenvalue weighted by atomic mass is 19.1. The van der Waals surface area contributed by atoms with E-state index in [9.17, 15) is 14.0 Å². The molecule has 1 atom stereocenters. The average molecular weight is 323 g/mol. The van der Waals surface area contributed by atoms with Crippen molar-refractivity contribution in [1.82, 2.24) is 5.32 Å². The van der Waals surface area contributed by atoms with Crippen LogP contribution in [0.5, 0.6) is 0 Å². The molecule has 5 heteroatoms. The third-order valence-electron chi connectivity index (χ3n) is 3.56. The Hall–Kier alpha value is -1.91. The third kappa shape index (κ3) is 7.26. The SMILES string of the molecule is CCCCCCCCOC(=O)C(C)NC(=O)c1ccccc1F. The number of hydrogen-bond donors (Lipinski definition) is 1. The lowest BCUT2D eigenvalue weighted by atomic mass is 10.1. The largest absolute Gasteiger partial charge is 0.464 e. The van der Waals surface area contributed by atoms with Crippen molar-refractivity contribution in [2.75, 3.05) is 6.61 Å². The molecular formula is C18H26FNO3. The Kier molecular flexibility index (Phi) is 8.95. The van der Waals surface area contributed by atoms with E-state index in [-0.39, 0.29) is 5.56 Å². The molecule has 0 spiro atoms. The number of rotatable bonds is 10. The summed E-state index contributed by atoms with van der Waals surface area (Å²) in [4.78, 5) is 23.7. The molecule has 1 rings (SSSR count). The number of carbonyl (C=O) groups excluding carboxylic acids is 2. The van der Waals surface area contributed by atoms with Gasteiger partial charge in [0.15, 0.2) is 0 Å². The van der Waals surface area contributed by atoms with E-state index >= 15 is 0 Å². The van der Waals surface area contributed by atoms with Crippen LogP contribution in [0.4, 0.5) is 4.39 Å². The molecule has 1 amide bonds. The Bertz CT molecular complexity index is 505. The van der Waals surface area contributed by atoms with Gasteiger partial charge in [-0.2, -0.15) is 0 Å². The zero-order valence-electron chi connectivity index (χ0n) is 13.9. The van der Waals surface area contributed by atoms with Crippen LogP contribution in [0.1, 0.15) is 62.7 Å². The molecule has 0 aliphatic heterocycles. The summed E-state index contributed by atoms with van der Waals surface area (Å²) >= 11 is 0. The molecular weight excluding hydrogens is 297 g/mol. The van der Waals surface area contributed by atoms with Gasteiger partial charge in [0.1, 0.15) is 11.9 Å². The van der Waals surface area contributed by atoms with E-state index in [4.69, 9.17) is 4.74 Å². The summed E-state index contributed by atoms with van der Waals surface area (Å²) in [6.07, 6.45) is 6.64.